The molecule has 0 fully saturated rings. The zero-order valence-electron chi connectivity index (χ0n) is 14.0. The summed E-state index contributed by atoms with van der Waals surface area (Å²) in [6.45, 7) is 1.79. The fourth-order valence-corrected chi connectivity index (χ4v) is 3.60. The summed E-state index contributed by atoms with van der Waals surface area (Å²) >= 11 is 5.01. The van der Waals surface area contributed by atoms with Gasteiger partial charge >= 0.3 is 0 Å². The summed E-state index contributed by atoms with van der Waals surface area (Å²) in [6, 6.07) is 13.3. The lowest BCUT2D eigenvalue weighted by atomic mass is 10.1. The van der Waals surface area contributed by atoms with Crippen molar-refractivity contribution >= 4 is 55.4 Å². The molecule has 0 bridgehead atoms. The number of fused-ring (bicyclic) bond motifs is 1. The number of amides is 2. The Morgan fingerprint density at radius 2 is 2.04 bits per heavy atom. The van der Waals surface area contributed by atoms with Crippen LogP contribution in [-0.2, 0) is 4.79 Å². The number of nitrogens with one attached hydrogen (secondary N) is 2. The zero-order chi connectivity index (χ0) is 18.5. The number of aryl methyl sites for hydroxylation is 1. The van der Waals surface area contributed by atoms with Gasteiger partial charge in [0.2, 0.25) is 0 Å². The van der Waals surface area contributed by atoms with Crippen LogP contribution in [0.2, 0.25) is 0 Å². The summed E-state index contributed by atoms with van der Waals surface area (Å²) in [5.41, 5.74) is 4.89. The van der Waals surface area contributed by atoms with Crippen molar-refractivity contribution in [1.82, 2.24) is 10.7 Å². The highest BCUT2D eigenvalue weighted by atomic mass is 79.9. The zero-order valence-corrected chi connectivity index (χ0v) is 16.4. The van der Waals surface area contributed by atoms with Gasteiger partial charge in [-0.25, -0.2) is 5.43 Å². The van der Waals surface area contributed by atoms with E-state index in [1.807, 2.05) is 42.6 Å². The number of nitrogens with zero attached hydrogens (tertiary/aromatic N) is 1. The first kappa shape index (κ1) is 18.3. The first-order chi connectivity index (χ1) is 12.5. The molecule has 0 unspecified atom stereocenters. The smallest absolute Gasteiger partial charge is 0.259 e. The van der Waals surface area contributed by atoms with Crippen LogP contribution in [0.3, 0.4) is 0 Å². The Morgan fingerprint density at radius 1 is 1.23 bits per heavy atom. The van der Waals surface area contributed by atoms with E-state index >= 15 is 0 Å². The first-order valence-electron chi connectivity index (χ1n) is 7.87. The van der Waals surface area contributed by atoms with Crippen LogP contribution in [0.4, 0.5) is 0 Å². The van der Waals surface area contributed by atoms with Crippen molar-refractivity contribution in [3.63, 3.8) is 0 Å². The number of thiophene rings is 1. The molecule has 26 heavy (non-hydrogen) atoms. The predicted molar refractivity (Wildman–Crippen MR) is 109 cm³/mol. The van der Waals surface area contributed by atoms with Crippen LogP contribution < -0.4 is 10.7 Å². The largest absolute Gasteiger partial charge is 0.343 e. The molecule has 1 aromatic heterocycles. The van der Waals surface area contributed by atoms with Crippen LogP contribution in [0.15, 0.2) is 57.4 Å². The number of carbonyl (C=O) groups is 2. The van der Waals surface area contributed by atoms with E-state index in [0.29, 0.717) is 5.56 Å². The van der Waals surface area contributed by atoms with Crippen LogP contribution in [0.1, 0.15) is 21.5 Å². The van der Waals surface area contributed by atoms with E-state index in [0.717, 1.165) is 25.7 Å². The monoisotopic (exact) mass is 429 g/mol. The Morgan fingerprint density at radius 3 is 2.85 bits per heavy atom. The van der Waals surface area contributed by atoms with E-state index < -0.39 is 0 Å². The summed E-state index contributed by atoms with van der Waals surface area (Å²) in [7, 11) is 0. The number of carbonyl (C=O) groups excluding carboxylic acids is 2. The maximum Gasteiger partial charge on any atom is 0.259 e. The summed E-state index contributed by atoms with van der Waals surface area (Å²) in [4.78, 5) is 23.9. The second kappa shape index (κ2) is 8.25. The normalized spacial score (nSPS) is 11.0. The van der Waals surface area contributed by atoms with Crippen molar-refractivity contribution in [3.8, 4) is 0 Å². The van der Waals surface area contributed by atoms with E-state index in [9.17, 15) is 9.59 Å². The topological polar surface area (TPSA) is 70.6 Å². The van der Waals surface area contributed by atoms with Crippen LogP contribution in [0.25, 0.3) is 10.1 Å². The fourth-order valence-electron chi connectivity index (χ4n) is 2.31. The minimum atomic E-state index is -0.389. The molecule has 0 aliphatic heterocycles. The molecule has 132 valence electrons. The average Bonchev–Trinajstić information content (AvgIpc) is 3.05. The van der Waals surface area contributed by atoms with Crippen molar-refractivity contribution in [3.05, 3.63) is 69.0 Å². The molecule has 2 aromatic carbocycles. The molecular formula is C19H16BrN3O2S. The van der Waals surface area contributed by atoms with Gasteiger partial charge in [-0.2, -0.15) is 5.10 Å². The van der Waals surface area contributed by atoms with Crippen LogP contribution >= 0.6 is 27.3 Å². The Bertz CT molecular complexity index is 997. The Labute approximate surface area is 163 Å². The third-order valence-electron chi connectivity index (χ3n) is 3.75. The van der Waals surface area contributed by atoms with Gasteiger partial charge < -0.3 is 5.32 Å². The molecule has 0 aliphatic rings. The van der Waals surface area contributed by atoms with Crippen LogP contribution in [0, 0.1) is 6.92 Å². The van der Waals surface area contributed by atoms with E-state index in [1.54, 1.807) is 29.7 Å². The lowest BCUT2D eigenvalue weighted by Crippen LogP contribution is -2.34. The Balaban J connectivity index is 1.52. The molecule has 0 aliphatic carbocycles. The lowest BCUT2D eigenvalue weighted by Gasteiger charge is -2.06. The predicted octanol–water partition coefficient (Wildman–Crippen LogP) is 3.85. The lowest BCUT2D eigenvalue weighted by molar-refractivity contribution is -0.120. The molecule has 7 heteroatoms. The third kappa shape index (κ3) is 4.36. The first-order valence-corrected chi connectivity index (χ1v) is 9.54. The van der Waals surface area contributed by atoms with Crippen molar-refractivity contribution < 1.29 is 9.59 Å². The molecule has 1 heterocycles. The summed E-state index contributed by atoms with van der Waals surface area (Å²) in [5.74, 6) is -0.700. The molecule has 0 atom stereocenters. The van der Waals surface area contributed by atoms with Crippen molar-refractivity contribution in [2.45, 2.75) is 6.92 Å². The molecule has 0 saturated carbocycles. The number of benzene rings is 2. The van der Waals surface area contributed by atoms with Crippen molar-refractivity contribution in [2.24, 2.45) is 5.10 Å². The molecule has 5 nitrogen and oxygen atoms in total. The minimum Gasteiger partial charge on any atom is -0.343 e. The second-order valence-electron chi connectivity index (χ2n) is 5.63. The summed E-state index contributed by atoms with van der Waals surface area (Å²) < 4.78 is 2.01. The Kier molecular flexibility index (Phi) is 5.80. The summed E-state index contributed by atoms with van der Waals surface area (Å²) in [5, 5.41) is 9.61. The van der Waals surface area contributed by atoms with Gasteiger partial charge in [0.05, 0.1) is 12.8 Å². The fraction of sp³-hybridized carbons (Fsp3) is 0.105. The second-order valence-corrected chi connectivity index (χ2v) is 7.39. The van der Waals surface area contributed by atoms with Gasteiger partial charge in [-0.1, -0.05) is 40.2 Å². The van der Waals surface area contributed by atoms with E-state index in [4.69, 9.17) is 0 Å². The molecule has 0 radical (unpaired) electrons. The quantitative estimate of drug-likeness (QED) is 0.477. The third-order valence-corrected chi connectivity index (χ3v) is 5.58. The van der Waals surface area contributed by atoms with Gasteiger partial charge in [0.25, 0.3) is 11.8 Å². The van der Waals surface area contributed by atoms with Gasteiger partial charge in [-0.05, 0) is 30.7 Å². The van der Waals surface area contributed by atoms with Gasteiger partial charge in [0.1, 0.15) is 0 Å². The molecule has 0 saturated heterocycles. The van der Waals surface area contributed by atoms with Crippen LogP contribution in [-0.4, -0.2) is 24.6 Å². The average molecular weight is 430 g/mol. The molecule has 2 N–H and O–H groups in total. The number of hydrazone groups is 1. The van der Waals surface area contributed by atoms with E-state index in [-0.39, 0.29) is 18.4 Å². The molecular weight excluding hydrogens is 414 g/mol. The highest BCUT2D eigenvalue weighted by Crippen LogP contribution is 2.24. The maximum absolute atomic E-state index is 12.1. The SMILES string of the molecule is Cc1ccc(C(=O)NCC(=O)NN=Cc2csc3ccccc23)cc1Br. The standard InChI is InChI=1S/C19H16BrN3O2S/c1-12-6-7-13(8-16(12)20)19(25)21-10-18(24)23-22-9-14-11-26-17-5-3-2-4-15(14)17/h2-9,11H,10H2,1H3,(H,21,25)(H,23,24). The Hall–Kier alpha value is -2.51. The number of hydrogen-bond donors (Lipinski definition) is 2. The molecule has 2 amide bonds. The maximum atomic E-state index is 12.1. The number of rotatable bonds is 5. The van der Waals surface area contributed by atoms with E-state index in [1.165, 1.54) is 0 Å². The highest BCUT2D eigenvalue weighted by molar-refractivity contribution is 9.10. The molecule has 3 rings (SSSR count). The number of hydrogen-bond acceptors (Lipinski definition) is 4. The van der Waals surface area contributed by atoms with Crippen LogP contribution in [0.5, 0.6) is 0 Å². The molecule has 0 spiro atoms. The van der Waals surface area contributed by atoms with Crippen molar-refractivity contribution in [1.29, 1.82) is 0 Å². The number of halogens is 1. The highest BCUT2D eigenvalue weighted by Gasteiger charge is 2.09. The molecule has 3 aromatic rings. The van der Waals surface area contributed by atoms with E-state index in [2.05, 4.69) is 31.8 Å². The van der Waals surface area contributed by atoms with Crippen molar-refractivity contribution in [2.75, 3.05) is 6.54 Å². The van der Waals surface area contributed by atoms with Gasteiger partial charge in [0.15, 0.2) is 0 Å². The minimum absolute atomic E-state index is 0.147. The summed E-state index contributed by atoms with van der Waals surface area (Å²) in [6.07, 6.45) is 1.61. The van der Waals surface area contributed by atoms with Gasteiger partial charge in [0, 0.05) is 31.1 Å². The van der Waals surface area contributed by atoms with Gasteiger partial charge in [-0.15, -0.1) is 11.3 Å². The van der Waals surface area contributed by atoms with Gasteiger partial charge in [-0.3, -0.25) is 9.59 Å².